The van der Waals surface area contributed by atoms with Gasteiger partial charge in [-0.15, -0.1) is 13.2 Å². The van der Waals surface area contributed by atoms with Gasteiger partial charge in [0.25, 0.3) is 11.8 Å². The van der Waals surface area contributed by atoms with Crippen LogP contribution in [0, 0.1) is 30.6 Å². The lowest BCUT2D eigenvalue weighted by molar-refractivity contribution is -0.274. The number of carboxylic acids is 1. The minimum absolute atomic E-state index is 0.0416. The van der Waals surface area contributed by atoms with Gasteiger partial charge in [-0.05, 0) is 74.4 Å². The van der Waals surface area contributed by atoms with Crippen LogP contribution in [0.15, 0.2) is 84.4 Å². The molecule has 6 atom stereocenters. The van der Waals surface area contributed by atoms with Gasteiger partial charge < -0.3 is 14.9 Å². The van der Waals surface area contributed by atoms with Gasteiger partial charge in [-0.1, -0.05) is 66.1 Å². The summed E-state index contributed by atoms with van der Waals surface area (Å²) in [6.07, 6.45) is -2.10. The molecule has 54 heavy (non-hydrogen) atoms. The monoisotopic (exact) mass is 745 g/mol. The summed E-state index contributed by atoms with van der Waals surface area (Å²) < 4.78 is 44.9. The van der Waals surface area contributed by atoms with Crippen molar-refractivity contribution in [1.29, 1.82) is 0 Å². The smallest absolute Gasteiger partial charge is 0.508 e. The number of ether oxygens (including phenoxy) is 1. The van der Waals surface area contributed by atoms with Crippen molar-refractivity contribution in [2.45, 2.75) is 63.1 Å². The van der Waals surface area contributed by atoms with E-state index in [1.54, 1.807) is 60.7 Å². The quantitative estimate of drug-likeness (QED) is 0.118. The number of phenolic OH excluding ortho intramolecular Hbond substituents is 1. The molecule has 2 aliphatic heterocycles. The van der Waals surface area contributed by atoms with E-state index < -0.39 is 82.5 Å². The van der Waals surface area contributed by atoms with E-state index in [-0.39, 0.29) is 31.4 Å². The second kappa shape index (κ2) is 14.0. The third-order valence-electron chi connectivity index (χ3n) is 11.3. The van der Waals surface area contributed by atoms with Gasteiger partial charge in [-0.25, -0.2) is 0 Å². The molecule has 4 amide bonds. The number of carboxylic acid groups (broad SMARTS) is 1. The first-order chi connectivity index (χ1) is 25.7. The third-order valence-corrected chi connectivity index (χ3v) is 11.3. The first-order valence-electron chi connectivity index (χ1n) is 17.8. The Kier molecular flexibility index (Phi) is 9.48. The highest BCUT2D eigenvalue weighted by Gasteiger charge is 2.70. The maximum atomic E-state index is 15.2. The average molecular weight is 746 g/mol. The molecule has 4 aliphatic rings. The Labute approximate surface area is 308 Å². The van der Waals surface area contributed by atoms with Gasteiger partial charge in [0.15, 0.2) is 0 Å². The Morgan fingerprint density at radius 1 is 0.926 bits per heavy atom. The number of nitrogens with zero attached hydrogens (tertiary/aromatic N) is 2. The SMILES string of the molecule is Cc1ccc(NN2C(=O)C3CC4C(=CCC5C(=O)N(CCCCCC(=O)O)C(=O)C54)C(c4cc(OC(F)(F)F)ccc4O)C3(c3ccccc3)C2=O)cc1. The van der Waals surface area contributed by atoms with Gasteiger partial charge in [-0.3, -0.25) is 34.3 Å². The van der Waals surface area contributed by atoms with Crippen molar-refractivity contribution in [2.75, 3.05) is 12.0 Å². The molecule has 1 saturated carbocycles. The molecular formula is C40H38F3N3O8. The van der Waals surface area contributed by atoms with E-state index in [1.165, 1.54) is 4.90 Å². The lowest BCUT2D eigenvalue weighted by Gasteiger charge is -2.50. The molecule has 3 aromatic carbocycles. The average Bonchev–Trinajstić information content (AvgIpc) is 3.50. The van der Waals surface area contributed by atoms with E-state index in [0.717, 1.165) is 28.8 Å². The zero-order chi connectivity index (χ0) is 38.5. The summed E-state index contributed by atoms with van der Waals surface area (Å²) in [5, 5.41) is 21.4. The molecule has 6 unspecified atom stereocenters. The van der Waals surface area contributed by atoms with Crippen molar-refractivity contribution in [2.24, 2.45) is 23.7 Å². The number of benzene rings is 3. The molecule has 3 aromatic rings. The van der Waals surface area contributed by atoms with Crippen molar-refractivity contribution in [3.8, 4) is 11.5 Å². The first-order valence-corrected chi connectivity index (χ1v) is 17.8. The van der Waals surface area contributed by atoms with Crippen molar-refractivity contribution >= 4 is 35.3 Å². The molecule has 0 aromatic heterocycles. The molecular weight excluding hydrogens is 707 g/mol. The number of hydrazine groups is 1. The predicted octanol–water partition coefficient (Wildman–Crippen LogP) is 6.23. The Morgan fingerprint density at radius 2 is 1.65 bits per heavy atom. The number of allylic oxidation sites excluding steroid dienone is 2. The molecule has 0 bridgehead atoms. The van der Waals surface area contributed by atoms with Crippen LogP contribution < -0.4 is 10.2 Å². The number of hydrogen-bond acceptors (Lipinski definition) is 8. The van der Waals surface area contributed by atoms with Crippen LogP contribution in [0.4, 0.5) is 18.9 Å². The van der Waals surface area contributed by atoms with Crippen LogP contribution in [0.3, 0.4) is 0 Å². The lowest BCUT2D eigenvalue weighted by Crippen LogP contribution is -2.53. The fourth-order valence-electron chi connectivity index (χ4n) is 9.06. The number of carbonyl (C=O) groups is 5. The van der Waals surface area contributed by atoms with E-state index >= 15 is 4.79 Å². The van der Waals surface area contributed by atoms with Crippen LogP contribution in [-0.4, -0.2) is 62.6 Å². The normalized spacial score (nSPS) is 26.3. The van der Waals surface area contributed by atoms with Gasteiger partial charge in [0.05, 0.1) is 28.9 Å². The summed E-state index contributed by atoms with van der Waals surface area (Å²) in [6.45, 7) is 1.96. The lowest BCUT2D eigenvalue weighted by atomic mass is 9.49. The number of halogens is 3. The van der Waals surface area contributed by atoms with E-state index in [1.807, 2.05) is 6.92 Å². The predicted molar refractivity (Wildman–Crippen MR) is 186 cm³/mol. The second-order valence-corrected chi connectivity index (χ2v) is 14.4. The number of alkyl halides is 3. The summed E-state index contributed by atoms with van der Waals surface area (Å²) in [5.41, 5.74) is 3.23. The Morgan fingerprint density at radius 3 is 2.33 bits per heavy atom. The molecule has 282 valence electrons. The van der Waals surface area contributed by atoms with Gasteiger partial charge in [0.2, 0.25) is 11.8 Å². The number of imide groups is 2. The van der Waals surface area contributed by atoms with Crippen molar-refractivity contribution in [1.82, 2.24) is 9.91 Å². The third kappa shape index (κ3) is 6.26. The fraction of sp³-hybridized carbons (Fsp3) is 0.375. The van der Waals surface area contributed by atoms with E-state index in [0.29, 0.717) is 36.1 Å². The molecule has 0 radical (unpaired) electrons. The van der Waals surface area contributed by atoms with Crippen LogP contribution in [-0.2, 0) is 29.4 Å². The van der Waals surface area contributed by atoms with E-state index in [4.69, 9.17) is 5.11 Å². The van der Waals surface area contributed by atoms with Gasteiger partial charge >= 0.3 is 12.3 Å². The Bertz CT molecular complexity index is 2040. The van der Waals surface area contributed by atoms with Crippen molar-refractivity contribution in [3.05, 3.63) is 101 Å². The highest BCUT2D eigenvalue weighted by atomic mass is 19.4. The summed E-state index contributed by atoms with van der Waals surface area (Å²) >= 11 is 0. The Hall–Kier alpha value is -5.66. The molecule has 3 N–H and O–H groups in total. The van der Waals surface area contributed by atoms with E-state index in [9.17, 15) is 37.5 Å². The zero-order valence-corrected chi connectivity index (χ0v) is 29.2. The van der Waals surface area contributed by atoms with Crippen LogP contribution in [0.25, 0.3) is 0 Å². The summed E-state index contributed by atoms with van der Waals surface area (Å²) in [5.74, 6) is -9.21. The molecule has 2 saturated heterocycles. The molecule has 2 aliphatic carbocycles. The fourth-order valence-corrected chi connectivity index (χ4v) is 9.06. The number of phenols is 1. The van der Waals surface area contributed by atoms with Crippen molar-refractivity contribution in [3.63, 3.8) is 0 Å². The Balaban J connectivity index is 1.37. The molecule has 7 rings (SSSR count). The van der Waals surface area contributed by atoms with Crippen LogP contribution in [0.1, 0.15) is 61.1 Å². The zero-order valence-electron chi connectivity index (χ0n) is 29.2. The highest BCUT2D eigenvalue weighted by Crippen LogP contribution is 2.65. The maximum absolute atomic E-state index is 15.2. The van der Waals surface area contributed by atoms with Gasteiger partial charge in [0, 0.05) is 24.4 Å². The molecule has 0 spiro atoms. The number of likely N-dealkylation sites (tertiary alicyclic amines) is 1. The van der Waals surface area contributed by atoms with E-state index in [2.05, 4.69) is 10.2 Å². The number of hydrogen-bond donors (Lipinski definition) is 3. The largest absolute Gasteiger partial charge is 0.573 e. The number of aryl methyl sites for hydroxylation is 1. The number of unbranched alkanes of at least 4 members (excludes halogenated alkanes) is 2. The number of carbonyl (C=O) groups excluding carboxylic acids is 4. The number of aliphatic carboxylic acids is 1. The summed E-state index contributed by atoms with van der Waals surface area (Å²) in [6, 6.07) is 18.4. The standard InChI is InChI=1S/C40H38F3N3O8/c1-22-11-13-24(14-12-22)44-46-36(51)30-21-28-26(16-17-27-33(28)37(52)45(35(27)50)19-7-3-6-10-32(48)49)34(39(30,38(46)53)23-8-4-2-5-9-23)29-20-25(15-18-31(29)47)54-40(41,42)43/h2,4-5,8-9,11-16,18,20,27-28,30,33-34,44,47H,3,6-7,10,17,19,21H2,1H3,(H,48,49). The molecule has 11 nitrogen and oxygen atoms in total. The minimum Gasteiger partial charge on any atom is -0.508 e. The number of aromatic hydroxyl groups is 1. The van der Waals surface area contributed by atoms with Crippen LogP contribution in [0.5, 0.6) is 11.5 Å². The number of amides is 4. The second-order valence-electron chi connectivity index (χ2n) is 14.4. The molecule has 3 fully saturated rings. The molecule has 14 heteroatoms. The van der Waals surface area contributed by atoms with Crippen LogP contribution in [0.2, 0.25) is 0 Å². The number of nitrogens with one attached hydrogen (secondary N) is 1. The number of anilines is 1. The highest BCUT2D eigenvalue weighted by molar-refractivity contribution is 6.13. The minimum atomic E-state index is -5.08. The topological polar surface area (TPSA) is 154 Å². The van der Waals surface area contributed by atoms with Gasteiger partial charge in [0.1, 0.15) is 11.5 Å². The van der Waals surface area contributed by atoms with Gasteiger partial charge in [-0.2, -0.15) is 5.01 Å². The summed E-state index contributed by atoms with van der Waals surface area (Å²) in [7, 11) is 0. The maximum Gasteiger partial charge on any atom is 0.573 e. The van der Waals surface area contributed by atoms with Crippen LogP contribution >= 0.6 is 0 Å². The number of fused-ring (bicyclic) bond motifs is 4. The first kappa shape index (κ1) is 36.7. The summed E-state index contributed by atoms with van der Waals surface area (Å²) in [4.78, 5) is 70.1. The molecule has 2 heterocycles. The van der Waals surface area contributed by atoms with Crippen molar-refractivity contribution < 1.29 is 52.1 Å². The number of rotatable bonds is 11.